The van der Waals surface area contributed by atoms with Gasteiger partial charge in [-0.2, -0.15) is 0 Å². The molecule has 2 aromatic carbocycles. The lowest BCUT2D eigenvalue weighted by Crippen LogP contribution is -2.41. The van der Waals surface area contributed by atoms with Gasteiger partial charge in [0.05, 0.1) is 5.41 Å². The SMILES string of the molecule is CCC(=N)C(CCN1CCCCC1)(c1ccccc1)c1ccccc1. The minimum Gasteiger partial charge on any atom is -0.308 e. The minimum absolute atomic E-state index is 0.311. The molecule has 0 unspecified atom stereocenters. The van der Waals surface area contributed by atoms with E-state index in [0.717, 1.165) is 25.1 Å². The Balaban J connectivity index is 2.00. The van der Waals surface area contributed by atoms with E-state index in [4.69, 9.17) is 5.41 Å². The number of nitrogens with one attached hydrogen (secondary N) is 1. The lowest BCUT2D eigenvalue weighted by molar-refractivity contribution is 0.219. The van der Waals surface area contributed by atoms with Crippen molar-refractivity contribution in [1.82, 2.24) is 4.90 Å². The molecule has 0 aromatic heterocycles. The van der Waals surface area contributed by atoms with Gasteiger partial charge in [-0.05, 0) is 56.4 Å². The molecule has 25 heavy (non-hydrogen) atoms. The van der Waals surface area contributed by atoms with Gasteiger partial charge in [0.25, 0.3) is 0 Å². The van der Waals surface area contributed by atoms with Crippen LogP contribution in [-0.2, 0) is 5.41 Å². The highest BCUT2D eigenvalue weighted by molar-refractivity contribution is 5.95. The summed E-state index contributed by atoms with van der Waals surface area (Å²) in [5, 5.41) is 8.92. The summed E-state index contributed by atoms with van der Waals surface area (Å²) in [7, 11) is 0. The van der Waals surface area contributed by atoms with Crippen molar-refractivity contribution < 1.29 is 0 Å². The molecule has 0 aliphatic carbocycles. The van der Waals surface area contributed by atoms with Crippen molar-refractivity contribution in [1.29, 1.82) is 5.41 Å². The number of benzene rings is 2. The summed E-state index contributed by atoms with van der Waals surface area (Å²) in [6.07, 6.45) is 5.76. The van der Waals surface area contributed by atoms with Crippen LogP contribution in [0.5, 0.6) is 0 Å². The molecule has 0 amide bonds. The number of nitrogens with zero attached hydrogens (tertiary/aromatic N) is 1. The predicted octanol–water partition coefficient (Wildman–Crippen LogP) is 5.28. The van der Waals surface area contributed by atoms with E-state index in [1.165, 1.54) is 43.5 Å². The standard InChI is InChI=1S/C23H30N2/c1-2-22(24)23(20-12-6-3-7-13-20,21-14-8-4-9-15-21)16-19-25-17-10-5-11-18-25/h3-4,6-9,12-15,24H,2,5,10-11,16-19H2,1H3. The van der Waals surface area contributed by atoms with Crippen LogP contribution in [0.3, 0.4) is 0 Å². The molecule has 3 rings (SSSR count). The fourth-order valence-electron chi connectivity index (χ4n) is 4.21. The summed E-state index contributed by atoms with van der Waals surface area (Å²) < 4.78 is 0. The van der Waals surface area contributed by atoms with Crippen LogP contribution in [0.1, 0.15) is 50.2 Å². The maximum atomic E-state index is 8.92. The Bertz CT molecular complexity index is 618. The van der Waals surface area contributed by atoms with E-state index < -0.39 is 0 Å². The second-order valence-corrected chi connectivity index (χ2v) is 7.12. The fourth-order valence-corrected chi connectivity index (χ4v) is 4.21. The van der Waals surface area contributed by atoms with Gasteiger partial charge in [0.2, 0.25) is 0 Å². The summed E-state index contributed by atoms with van der Waals surface area (Å²) in [5.74, 6) is 0. The van der Waals surface area contributed by atoms with E-state index in [1.807, 2.05) is 0 Å². The van der Waals surface area contributed by atoms with Gasteiger partial charge in [-0.1, -0.05) is 74.0 Å². The van der Waals surface area contributed by atoms with Crippen LogP contribution in [0.15, 0.2) is 60.7 Å². The molecular weight excluding hydrogens is 304 g/mol. The van der Waals surface area contributed by atoms with Crippen LogP contribution in [0.4, 0.5) is 0 Å². The van der Waals surface area contributed by atoms with E-state index in [0.29, 0.717) is 0 Å². The maximum Gasteiger partial charge on any atom is 0.0589 e. The van der Waals surface area contributed by atoms with Gasteiger partial charge in [-0.25, -0.2) is 0 Å². The molecule has 1 aliphatic heterocycles. The Morgan fingerprint density at radius 1 is 0.880 bits per heavy atom. The van der Waals surface area contributed by atoms with E-state index in [9.17, 15) is 0 Å². The molecule has 0 radical (unpaired) electrons. The quantitative estimate of drug-likeness (QED) is 0.685. The minimum atomic E-state index is -0.311. The molecule has 0 spiro atoms. The predicted molar refractivity (Wildman–Crippen MR) is 107 cm³/mol. The molecule has 1 heterocycles. The monoisotopic (exact) mass is 334 g/mol. The molecule has 1 N–H and O–H groups in total. The van der Waals surface area contributed by atoms with Gasteiger partial charge in [0.15, 0.2) is 0 Å². The van der Waals surface area contributed by atoms with Crippen molar-refractivity contribution in [2.45, 2.75) is 44.4 Å². The zero-order valence-electron chi connectivity index (χ0n) is 15.4. The first-order valence-corrected chi connectivity index (χ1v) is 9.68. The molecule has 2 aromatic rings. The van der Waals surface area contributed by atoms with Crippen molar-refractivity contribution in [2.75, 3.05) is 19.6 Å². The molecule has 2 heteroatoms. The van der Waals surface area contributed by atoms with Crippen LogP contribution in [0.2, 0.25) is 0 Å². The van der Waals surface area contributed by atoms with Crippen LogP contribution < -0.4 is 0 Å². The van der Waals surface area contributed by atoms with Crippen LogP contribution >= 0.6 is 0 Å². The number of likely N-dealkylation sites (tertiary alicyclic amines) is 1. The van der Waals surface area contributed by atoms with Gasteiger partial charge in [-0.3, -0.25) is 0 Å². The van der Waals surface area contributed by atoms with Crippen molar-refractivity contribution >= 4 is 5.71 Å². The first-order chi connectivity index (χ1) is 12.3. The number of rotatable bonds is 7. The normalized spacial score (nSPS) is 15.9. The van der Waals surface area contributed by atoms with E-state index in [1.54, 1.807) is 0 Å². The van der Waals surface area contributed by atoms with Crippen molar-refractivity contribution in [3.05, 3.63) is 71.8 Å². The van der Waals surface area contributed by atoms with E-state index in [-0.39, 0.29) is 5.41 Å². The third-order valence-corrected chi connectivity index (χ3v) is 5.65. The summed E-state index contributed by atoms with van der Waals surface area (Å²) in [6.45, 7) is 5.59. The molecule has 1 saturated heterocycles. The summed E-state index contributed by atoms with van der Waals surface area (Å²) in [6, 6.07) is 21.4. The number of hydrogen-bond acceptors (Lipinski definition) is 2. The Hall–Kier alpha value is -1.93. The Labute approximate surface area is 152 Å². The van der Waals surface area contributed by atoms with Crippen LogP contribution in [0, 0.1) is 5.41 Å². The summed E-state index contributed by atoms with van der Waals surface area (Å²) in [4.78, 5) is 2.59. The Morgan fingerprint density at radius 3 is 1.88 bits per heavy atom. The summed E-state index contributed by atoms with van der Waals surface area (Å²) >= 11 is 0. The van der Waals surface area contributed by atoms with Crippen LogP contribution in [0.25, 0.3) is 0 Å². The lowest BCUT2D eigenvalue weighted by Gasteiger charge is -2.38. The lowest BCUT2D eigenvalue weighted by atomic mass is 9.67. The van der Waals surface area contributed by atoms with Crippen molar-refractivity contribution in [3.8, 4) is 0 Å². The number of piperidine rings is 1. The van der Waals surface area contributed by atoms with Gasteiger partial charge in [0, 0.05) is 5.71 Å². The molecule has 0 bridgehead atoms. The highest BCUT2D eigenvalue weighted by Gasteiger charge is 2.38. The molecule has 0 atom stereocenters. The second-order valence-electron chi connectivity index (χ2n) is 7.12. The topological polar surface area (TPSA) is 27.1 Å². The molecule has 1 aliphatic rings. The largest absolute Gasteiger partial charge is 0.308 e. The Kier molecular flexibility index (Phi) is 6.04. The van der Waals surface area contributed by atoms with Crippen LogP contribution in [-0.4, -0.2) is 30.2 Å². The zero-order chi connectivity index (χ0) is 17.5. The molecule has 1 fully saturated rings. The summed E-state index contributed by atoms with van der Waals surface area (Å²) in [5.41, 5.74) is 3.02. The molecule has 2 nitrogen and oxygen atoms in total. The molecule has 0 saturated carbocycles. The third kappa shape index (κ3) is 3.85. The van der Waals surface area contributed by atoms with Gasteiger partial charge >= 0.3 is 0 Å². The highest BCUT2D eigenvalue weighted by atomic mass is 15.1. The van der Waals surface area contributed by atoms with Gasteiger partial charge in [0.1, 0.15) is 0 Å². The first-order valence-electron chi connectivity index (χ1n) is 9.68. The second kappa shape index (κ2) is 8.44. The van der Waals surface area contributed by atoms with E-state index >= 15 is 0 Å². The van der Waals surface area contributed by atoms with Crippen molar-refractivity contribution in [3.63, 3.8) is 0 Å². The van der Waals surface area contributed by atoms with Crippen molar-refractivity contribution in [2.24, 2.45) is 0 Å². The molecular formula is C23H30N2. The average molecular weight is 335 g/mol. The van der Waals surface area contributed by atoms with Gasteiger partial charge < -0.3 is 10.3 Å². The fraction of sp³-hybridized carbons (Fsp3) is 0.435. The average Bonchev–Trinajstić information content (AvgIpc) is 2.70. The van der Waals surface area contributed by atoms with Gasteiger partial charge in [-0.15, -0.1) is 0 Å². The van der Waals surface area contributed by atoms with E-state index in [2.05, 4.69) is 72.5 Å². The molecule has 132 valence electrons. The number of hydrogen-bond donors (Lipinski definition) is 1. The zero-order valence-corrected chi connectivity index (χ0v) is 15.4. The first kappa shape index (κ1) is 17.9. The highest BCUT2D eigenvalue weighted by Crippen LogP contribution is 2.38. The maximum absolute atomic E-state index is 8.92. The Morgan fingerprint density at radius 2 is 1.40 bits per heavy atom. The third-order valence-electron chi connectivity index (χ3n) is 5.65. The smallest absolute Gasteiger partial charge is 0.0589 e.